The summed E-state index contributed by atoms with van der Waals surface area (Å²) >= 11 is 6.22. The Morgan fingerprint density at radius 2 is 2.08 bits per heavy atom. The molecule has 0 saturated carbocycles. The Hall–Kier alpha value is -2.72. The molecule has 1 amide bonds. The minimum absolute atomic E-state index is 0.0289. The molecule has 2 aromatic rings. The molecule has 11 heteroatoms. The van der Waals surface area contributed by atoms with E-state index in [2.05, 4.69) is 5.32 Å². The lowest BCUT2D eigenvalue weighted by molar-refractivity contribution is -0.170. The van der Waals surface area contributed by atoms with Crippen molar-refractivity contribution in [3.63, 3.8) is 0 Å². The summed E-state index contributed by atoms with van der Waals surface area (Å²) in [5.41, 5.74) is 0.708. The van der Waals surface area contributed by atoms with Gasteiger partial charge in [-0.05, 0) is 45.7 Å². The fourth-order valence-corrected chi connectivity index (χ4v) is 5.12. The summed E-state index contributed by atoms with van der Waals surface area (Å²) in [5, 5.41) is 3.39. The Morgan fingerprint density at radius 3 is 2.76 bits per heavy atom. The average molecular weight is 541 g/mol. The predicted molar refractivity (Wildman–Crippen MR) is 136 cm³/mol. The van der Waals surface area contributed by atoms with Gasteiger partial charge in [-0.15, -0.1) is 0 Å². The van der Waals surface area contributed by atoms with Crippen LogP contribution in [0.2, 0.25) is 0 Å². The standard InChI is InChI=1S/C26H32ClF3N4O3/c1-17(2)31-24(35)16-34-23(18-5-3-6-20(27)11-18)15-33-14-21(12-22(33)25(34)36)37-10-4-8-32-9-7-19(13-32)26(28,29)30/h3,6,11-12,14-15,17-19H,4-5,7-10,13,16H2,1-2H3,(H,31,35). The highest BCUT2D eigenvalue weighted by atomic mass is 35.5. The third-order valence-corrected chi connectivity index (χ3v) is 6.90. The quantitative estimate of drug-likeness (QED) is 0.477. The third kappa shape index (κ3) is 6.78. The SMILES string of the molecule is CC(C)NC(=O)Cn1c(C2C=C(Cl)C=CC2)cn2cc(OCCCN3CCC(C(F)(F)F)C3)cc2c1=O. The zero-order chi connectivity index (χ0) is 26.7. The molecule has 2 aliphatic rings. The zero-order valence-electron chi connectivity index (χ0n) is 20.9. The van der Waals surface area contributed by atoms with Crippen molar-refractivity contribution in [3.05, 3.63) is 57.8 Å². The fourth-order valence-electron chi connectivity index (χ4n) is 4.88. The van der Waals surface area contributed by atoms with Crippen molar-refractivity contribution in [1.29, 1.82) is 0 Å². The maximum atomic E-state index is 13.5. The highest BCUT2D eigenvalue weighted by Gasteiger charge is 2.43. The van der Waals surface area contributed by atoms with Crippen LogP contribution in [0, 0.1) is 5.92 Å². The summed E-state index contributed by atoms with van der Waals surface area (Å²) in [4.78, 5) is 27.8. The van der Waals surface area contributed by atoms with E-state index in [9.17, 15) is 22.8 Å². The second-order valence-corrected chi connectivity index (χ2v) is 10.4. The Labute approximate surface area is 218 Å². The number of ether oxygens (including phenoxy) is 1. The van der Waals surface area contributed by atoms with Crippen molar-refractivity contribution in [3.8, 4) is 5.75 Å². The first-order valence-electron chi connectivity index (χ1n) is 12.5. The van der Waals surface area contributed by atoms with Gasteiger partial charge < -0.3 is 19.4 Å². The first-order valence-corrected chi connectivity index (χ1v) is 12.9. The Balaban J connectivity index is 1.48. The molecule has 7 nitrogen and oxygen atoms in total. The van der Waals surface area contributed by atoms with E-state index in [0.717, 1.165) is 0 Å². The van der Waals surface area contributed by atoms with Crippen LogP contribution in [-0.2, 0) is 11.3 Å². The van der Waals surface area contributed by atoms with Gasteiger partial charge in [0.2, 0.25) is 5.91 Å². The van der Waals surface area contributed by atoms with Gasteiger partial charge in [0.25, 0.3) is 5.56 Å². The minimum Gasteiger partial charge on any atom is -0.492 e. The number of carbonyl (C=O) groups excluding carboxylic acids is 1. The Morgan fingerprint density at radius 1 is 1.30 bits per heavy atom. The molecule has 0 radical (unpaired) electrons. The number of fused-ring (bicyclic) bond motifs is 1. The van der Waals surface area contributed by atoms with E-state index in [1.807, 2.05) is 37.1 Å². The van der Waals surface area contributed by atoms with E-state index in [1.165, 1.54) is 4.57 Å². The molecule has 1 saturated heterocycles. The summed E-state index contributed by atoms with van der Waals surface area (Å²) in [7, 11) is 0. The van der Waals surface area contributed by atoms with Crippen LogP contribution in [-0.4, -0.2) is 58.2 Å². The maximum Gasteiger partial charge on any atom is 0.393 e. The highest BCUT2D eigenvalue weighted by molar-refractivity contribution is 6.31. The van der Waals surface area contributed by atoms with Gasteiger partial charge in [-0.3, -0.25) is 14.2 Å². The van der Waals surface area contributed by atoms with E-state index >= 15 is 0 Å². The molecule has 2 aromatic heterocycles. The number of allylic oxidation sites excluding steroid dienone is 4. The van der Waals surface area contributed by atoms with Crippen LogP contribution in [0.3, 0.4) is 0 Å². The number of likely N-dealkylation sites (tertiary alicyclic amines) is 1. The molecule has 0 spiro atoms. The van der Waals surface area contributed by atoms with Crippen LogP contribution >= 0.6 is 11.6 Å². The van der Waals surface area contributed by atoms with Gasteiger partial charge in [-0.2, -0.15) is 13.2 Å². The number of alkyl halides is 3. The summed E-state index contributed by atoms with van der Waals surface area (Å²) in [6.07, 6.45) is 6.32. The van der Waals surface area contributed by atoms with Crippen LogP contribution in [0.25, 0.3) is 5.52 Å². The number of nitrogens with zero attached hydrogens (tertiary/aromatic N) is 3. The predicted octanol–water partition coefficient (Wildman–Crippen LogP) is 4.44. The van der Waals surface area contributed by atoms with Crippen molar-refractivity contribution < 1.29 is 22.7 Å². The molecule has 0 bridgehead atoms. The zero-order valence-corrected chi connectivity index (χ0v) is 21.7. The normalized spacial score (nSPS) is 20.6. The van der Waals surface area contributed by atoms with E-state index in [0.29, 0.717) is 54.5 Å². The molecule has 1 N–H and O–H groups in total. The Bertz CT molecular complexity index is 1250. The molecule has 4 rings (SSSR count). The molecule has 202 valence electrons. The van der Waals surface area contributed by atoms with Crippen molar-refractivity contribution in [2.24, 2.45) is 5.92 Å². The lowest BCUT2D eigenvalue weighted by atomic mass is 9.97. The number of amides is 1. The van der Waals surface area contributed by atoms with Crippen molar-refractivity contribution in [2.75, 3.05) is 26.2 Å². The maximum absolute atomic E-state index is 13.5. The van der Waals surface area contributed by atoms with Crippen molar-refractivity contribution >= 4 is 23.0 Å². The topological polar surface area (TPSA) is 68.0 Å². The number of hydrogen-bond donors (Lipinski definition) is 1. The number of carbonyl (C=O) groups is 1. The molecule has 2 atom stereocenters. The largest absolute Gasteiger partial charge is 0.492 e. The molecule has 1 aliphatic heterocycles. The van der Waals surface area contributed by atoms with Gasteiger partial charge in [-0.25, -0.2) is 0 Å². The van der Waals surface area contributed by atoms with Gasteiger partial charge in [-0.1, -0.05) is 23.8 Å². The van der Waals surface area contributed by atoms with Gasteiger partial charge in [0, 0.05) is 48.0 Å². The third-order valence-electron chi connectivity index (χ3n) is 6.65. The van der Waals surface area contributed by atoms with Crippen molar-refractivity contribution in [2.45, 2.75) is 57.8 Å². The number of halogens is 4. The molecular weight excluding hydrogens is 509 g/mol. The van der Waals surface area contributed by atoms with Crippen LogP contribution in [0.1, 0.15) is 44.7 Å². The molecule has 1 fully saturated rings. The first-order chi connectivity index (χ1) is 17.5. The van der Waals surface area contributed by atoms with Gasteiger partial charge in [0.05, 0.1) is 18.7 Å². The van der Waals surface area contributed by atoms with E-state index < -0.39 is 12.1 Å². The summed E-state index contributed by atoms with van der Waals surface area (Å²) in [6.45, 7) is 4.88. The molecule has 3 heterocycles. The molecule has 0 aromatic carbocycles. The highest BCUT2D eigenvalue weighted by Crippen LogP contribution is 2.33. The number of hydrogen-bond acceptors (Lipinski definition) is 4. The van der Waals surface area contributed by atoms with Gasteiger partial charge >= 0.3 is 6.18 Å². The lowest BCUT2D eigenvalue weighted by Gasteiger charge is -2.21. The average Bonchev–Trinajstić information content (AvgIpc) is 3.45. The monoisotopic (exact) mass is 540 g/mol. The van der Waals surface area contributed by atoms with Crippen LogP contribution in [0.4, 0.5) is 13.2 Å². The molecular formula is C26H32ClF3N4O3. The summed E-state index contributed by atoms with van der Waals surface area (Å²) < 4.78 is 47.7. The van der Waals surface area contributed by atoms with E-state index in [1.54, 1.807) is 22.7 Å². The van der Waals surface area contributed by atoms with E-state index in [4.69, 9.17) is 16.3 Å². The van der Waals surface area contributed by atoms with Gasteiger partial charge in [0.1, 0.15) is 17.8 Å². The molecule has 2 unspecified atom stereocenters. The number of nitrogens with one attached hydrogen (secondary N) is 1. The number of aromatic nitrogens is 2. The Kier molecular flexibility index (Phi) is 8.38. The van der Waals surface area contributed by atoms with Crippen LogP contribution in [0.5, 0.6) is 5.75 Å². The summed E-state index contributed by atoms with van der Waals surface area (Å²) in [6, 6.07) is 1.57. The second kappa shape index (κ2) is 11.3. The second-order valence-electron chi connectivity index (χ2n) is 9.96. The molecule has 37 heavy (non-hydrogen) atoms. The molecule has 1 aliphatic carbocycles. The number of rotatable bonds is 9. The van der Waals surface area contributed by atoms with Crippen LogP contribution < -0.4 is 15.6 Å². The van der Waals surface area contributed by atoms with Gasteiger partial charge in [0.15, 0.2) is 0 Å². The van der Waals surface area contributed by atoms with E-state index in [-0.39, 0.29) is 42.9 Å². The smallest absolute Gasteiger partial charge is 0.393 e. The van der Waals surface area contributed by atoms with Crippen LogP contribution in [0.15, 0.2) is 46.5 Å². The summed E-state index contributed by atoms with van der Waals surface area (Å²) in [5.74, 6) is -1.20. The van der Waals surface area contributed by atoms with Crippen molar-refractivity contribution in [1.82, 2.24) is 19.2 Å². The first kappa shape index (κ1) is 27.3. The lowest BCUT2D eigenvalue weighted by Crippen LogP contribution is -2.37. The fraction of sp³-hybridized carbons (Fsp3) is 0.538. The minimum atomic E-state index is -4.14.